The van der Waals surface area contributed by atoms with Gasteiger partial charge < -0.3 is 10.5 Å². The number of benzene rings is 1. The van der Waals surface area contributed by atoms with Crippen molar-refractivity contribution in [2.45, 2.75) is 32.9 Å². The monoisotopic (exact) mass is 197 g/mol. The van der Waals surface area contributed by atoms with Gasteiger partial charge in [-0.2, -0.15) is 0 Å². The van der Waals surface area contributed by atoms with Crippen molar-refractivity contribution in [1.29, 1.82) is 0 Å². The zero-order valence-corrected chi connectivity index (χ0v) is 8.75. The molecule has 0 aliphatic carbocycles. The van der Waals surface area contributed by atoms with Crippen LogP contribution in [-0.4, -0.2) is 12.1 Å². The van der Waals surface area contributed by atoms with Gasteiger partial charge in [0.25, 0.3) is 0 Å². The van der Waals surface area contributed by atoms with Crippen LogP contribution >= 0.6 is 0 Å². The largest absolute Gasteiger partial charge is 0.489 e. The summed E-state index contributed by atoms with van der Waals surface area (Å²) < 4.78 is 18.3. The van der Waals surface area contributed by atoms with Gasteiger partial charge >= 0.3 is 0 Å². The lowest BCUT2D eigenvalue weighted by Crippen LogP contribution is -2.33. The van der Waals surface area contributed by atoms with Crippen molar-refractivity contribution in [3.63, 3.8) is 0 Å². The highest BCUT2D eigenvalue weighted by molar-refractivity contribution is 5.32. The van der Waals surface area contributed by atoms with Crippen molar-refractivity contribution in [2.75, 3.05) is 0 Å². The molecule has 3 heteroatoms. The van der Waals surface area contributed by atoms with Crippen LogP contribution in [0.25, 0.3) is 0 Å². The predicted molar refractivity (Wildman–Crippen MR) is 54.9 cm³/mol. The maximum absolute atomic E-state index is 12.8. The van der Waals surface area contributed by atoms with E-state index < -0.39 is 0 Å². The maximum atomic E-state index is 12.8. The summed E-state index contributed by atoms with van der Waals surface area (Å²) in [6.45, 7) is 5.59. The smallest absolute Gasteiger partial charge is 0.123 e. The van der Waals surface area contributed by atoms with E-state index in [-0.39, 0.29) is 18.0 Å². The number of aryl methyl sites for hydroxylation is 1. The van der Waals surface area contributed by atoms with Crippen LogP contribution in [-0.2, 0) is 0 Å². The fourth-order valence-corrected chi connectivity index (χ4v) is 1.05. The first-order valence-electron chi connectivity index (χ1n) is 4.69. The number of halogens is 1. The fraction of sp³-hybridized carbons (Fsp3) is 0.455. The Morgan fingerprint density at radius 1 is 1.36 bits per heavy atom. The van der Waals surface area contributed by atoms with Crippen molar-refractivity contribution < 1.29 is 9.13 Å². The van der Waals surface area contributed by atoms with Crippen LogP contribution in [0.1, 0.15) is 19.4 Å². The molecule has 1 rings (SSSR count). The van der Waals surface area contributed by atoms with Crippen molar-refractivity contribution >= 4 is 0 Å². The van der Waals surface area contributed by atoms with Crippen LogP contribution in [0.2, 0.25) is 0 Å². The van der Waals surface area contributed by atoms with Crippen molar-refractivity contribution in [3.05, 3.63) is 29.6 Å². The van der Waals surface area contributed by atoms with Gasteiger partial charge in [-0.15, -0.1) is 0 Å². The van der Waals surface area contributed by atoms with E-state index in [2.05, 4.69) is 0 Å². The highest BCUT2D eigenvalue weighted by Crippen LogP contribution is 2.20. The van der Waals surface area contributed by atoms with Gasteiger partial charge in [0.2, 0.25) is 0 Å². The summed E-state index contributed by atoms with van der Waals surface area (Å²) in [6.07, 6.45) is -0.0702. The Bertz CT molecular complexity index is 312. The average Bonchev–Trinajstić information content (AvgIpc) is 2.09. The zero-order valence-electron chi connectivity index (χ0n) is 8.75. The lowest BCUT2D eigenvalue weighted by atomic mass is 10.2. The highest BCUT2D eigenvalue weighted by atomic mass is 19.1. The van der Waals surface area contributed by atoms with E-state index in [4.69, 9.17) is 10.5 Å². The van der Waals surface area contributed by atoms with Crippen LogP contribution in [0, 0.1) is 12.7 Å². The zero-order chi connectivity index (χ0) is 10.7. The molecular weight excluding hydrogens is 181 g/mol. The molecule has 0 saturated carbocycles. The molecule has 0 aliphatic heterocycles. The third-order valence-corrected chi connectivity index (χ3v) is 2.19. The van der Waals surface area contributed by atoms with Crippen LogP contribution in [0.5, 0.6) is 5.75 Å². The van der Waals surface area contributed by atoms with Gasteiger partial charge in [-0.05, 0) is 44.5 Å². The fourth-order valence-electron chi connectivity index (χ4n) is 1.05. The van der Waals surface area contributed by atoms with Crippen LogP contribution < -0.4 is 10.5 Å². The van der Waals surface area contributed by atoms with E-state index in [0.717, 1.165) is 5.56 Å². The summed E-state index contributed by atoms with van der Waals surface area (Å²) in [5, 5.41) is 0. The molecule has 1 aromatic rings. The Labute approximate surface area is 83.9 Å². The van der Waals surface area contributed by atoms with Gasteiger partial charge in [0.05, 0.1) is 0 Å². The van der Waals surface area contributed by atoms with Crippen LogP contribution in [0.4, 0.5) is 4.39 Å². The van der Waals surface area contributed by atoms with Gasteiger partial charge in [0, 0.05) is 6.04 Å². The molecule has 0 aliphatic rings. The molecule has 2 N–H and O–H groups in total. The van der Waals surface area contributed by atoms with E-state index >= 15 is 0 Å². The number of hydrogen-bond acceptors (Lipinski definition) is 2. The lowest BCUT2D eigenvalue weighted by Gasteiger charge is -2.19. The number of rotatable bonds is 3. The summed E-state index contributed by atoms with van der Waals surface area (Å²) in [7, 11) is 0. The molecule has 0 bridgehead atoms. The van der Waals surface area contributed by atoms with E-state index in [1.165, 1.54) is 12.1 Å². The van der Waals surface area contributed by atoms with E-state index in [1.807, 2.05) is 20.8 Å². The van der Waals surface area contributed by atoms with Crippen molar-refractivity contribution in [3.8, 4) is 5.75 Å². The molecule has 0 saturated heterocycles. The Hall–Kier alpha value is -1.09. The van der Waals surface area contributed by atoms with Gasteiger partial charge in [0.15, 0.2) is 0 Å². The summed E-state index contributed by atoms with van der Waals surface area (Å²) in [6, 6.07) is 4.42. The number of ether oxygens (including phenoxy) is 1. The summed E-state index contributed by atoms with van der Waals surface area (Å²) in [4.78, 5) is 0. The average molecular weight is 197 g/mol. The quantitative estimate of drug-likeness (QED) is 0.806. The van der Waals surface area contributed by atoms with Gasteiger partial charge in [-0.1, -0.05) is 0 Å². The molecule has 0 amide bonds. The first kappa shape index (κ1) is 11.0. The summed E-state index contributed by atoms with van der Waals surface area (Å²) in [5.41, 5.74) is 6.45. The molecular formula is C11H16FNO. The molecule has 0 radical (unpaired) electrons. The van der Waals surface area contributed by atoms with Gasteiger partial charge in [-0.3, -0.25) is 0 Å². The first-order valence-corrected chi connectivity index (χ1v) is 4.69. The highest BCUT2D eigenvalue weighted by Gasteiger charge is 2.10. The molecule has 78 valence electrons. The predicted octanol–water partition coefficient (Wildman–Crippen LogP) is 2.25. The van der Waals surface area contributed by atoms with Crippen molar-refractivity contribution in [1.82, 2.24) is 0 Å². The number of nitrogens with two attached hydrogens (primary N) is 1. The minimum absolute atomic E-state index is 0.0422. The minimum Gasteiger partial charge on any atom is -0.489 e. The third-order valence-electron chi connectivity index (χ3n) is 2.19. The second kappa shape index (κ2) is 4.42. The summed E-state index contributed by atoms with van der Waals surface area (Å²) >= 11 is 0. The SMILES string of the molecule is Cc1cc(F)ccc1OC(C)[C@@H](C)N. The molecule has 0 fully saturated rings. The van der Waals surface area contributed by atoms with Crippen LogP contribution in [0.3, 0.4) is 0 Å². The lowest BCUT2D eigenvalue weighted by molar-refractivity contribution is 0.195. The molecule has 0 aromatic heterocycles. The molecule has 0 heterocycles. The molecule has 1 unspecified atom stereocenters. The van der Waals surface area contributed by atoms with E-state index in [0.29, 0.717) is 5.75 Å². The summed E-state index contributed by atoms with van der Waals surface area (Å²) in [5.74, 6) is 0.444. The van der Waals surface area contributed by atoms with Gasteiger partial charge in [-0.25, -0.2) is 4.39 Å². The Morgan fingerprint density at radius 2 is 2.00 bits per heavy atom. The minimum atomic E-state index is -0.247. The molecule has 0 spiro atoms. The first-order chi connectivity index (χ1) is 6.50. The molecule has 2 nitrogen and oxygen atoms in total. The second-order valence-electron chi connectivity index (χ2n) is 3.59. The second-order valence-corrected chi connectivity index (χ2v) is 3.59. The molecule has 2 atom stereocenters. The normalized spacial score (nSPS) is 14.9. The Kier molecular flexibility index (Phi) is 3.47. The Balaban J connectivity index is 2.77. The standard InChI is InChI=1S/C11H16FNO/c1-7-6-10(12)4-5-11(7)14-9(3)8(2)13/h4-6,8-9H,13H2,1-3H3/t8-,9?/m1/s1. The number of hydrogen-bond donors (Lipinski definition) is 1. The third kappa shape index (κ3) is 2.70. The van der Waals surface area contributed by atoms with Crippen molar-refractivity contribution in [2.24, 2.45) is 5.73 Å². The molecule has 1 aromatic carbocycles. The molecule has 14 heavy (non-hydrogen) atoms. The van der Waals surface area contributed by atoms with Gasteiger partial charge in [0.1, 0.15) is 17.7 Å². The Morgan fingerprint density at radius 3 is 2.50 bits per heavy atom. The van der Waals surface area contributed by atoms with Crippen LogP contribution in [0.15, 0.2) is 18.2 Å². The maximum Gasteiger partial charge on any atom is 0.123 e. The van der Waals surface area contributed by atoms with E-state index in [1.54, 1.807) is 6.07 Å². The van der Waals surface area contributed by atoms with E-state index in [9.17, 15) is 4.39 Å². The topological polar surface area (TPSA) is 35.2 Å².